The predicted octanol–water partition coefficient (Wildman–Crippen LogP) is 3.15. The van der Waals surface area contributed by atoms with Crippen molar-refractivity contribution in [2.75, 3.05) is 0 Å². The molecular formula is C23H30N4O2. The second kappa shape index (κ2) is 8.01. The van der Waals surface area contributed by atoms with E-state index in [1.165, 1.54) is 16.8 Å². The fourth-order valence-corrected chi connectivity index (χ4v) is 4.79. The van der Waals surface area contributed by atoms with Crippen molar-refractivity contribution in [3.05, 3.63) is 46.3 Å². The van der Waals surface area contributed by atoms with Gasteiger partial charge in [0.25, 0.3) is 5.91 Å². The third kappa shape index (κ3) is 4.07. The Balaban J connectivity index is 1.51. The first-order valence-corrected chi connectivity index (χ1v) is 10.7. The number of aromatic nitrogens is 2. The van der Waals surface area contributed by atoms with Crippen molar-refractivity contribution >= 4 is 11.8 Å². The van der Waals surface area contributed by atoms with Gasteiger partial charge >= 0.3 is 0 Å². The molecule has 2 amide bonds. The van der Waals surface area contributed by atoms with Crippen LogP contribution in [0.5, 0.6) is 0 Å². The van der Waals surface area contributed by atoms with E-state index in [1.807, 2.05) is 4.68 Å². The second-order valence-electron chi connectivity index (χ2n) is 8.55. The van der Waals surface area contributed by atoms with Crippen LogP contribution in [0.2, 0.25) is 0 Å². The van der Waals surface area contributed by atoms with E-state index in [2.05, 4.69) is 42.7 Å². The molecule has 4 rings (SSSR count). The Kier molecular flexibility index (Phi) is 5.43. The molecule has 1 heterocycles. The maximum absolute atomic E-state index is 13.1. The van der Waals surface area contributed by atoms with E-state index < -0.39 is 0 Å². The van der Waals surface area contributed by atoms with E-state index in [-0.39, 0.29) is 23.9 Å². The summed E-state index contributed by atoms with van der Waals surface area (Å²) >= 11 is 0. The number of benzene rings is 1. The number of fused-ring (bicyclic) bond motifs is 1. The third-order valence-corrected chi connectivity index (χ3v) is 6.20. The van der Waals surface area contributed by atoms with E-state index in [9.17, 15) is 9.59 Å². The van der Waals surface area contributed by atoms with Crippen LogP contribution >= 0.6 is 0 Å². The fourth-order valence-electron chi connectivity index (χ4n) is 4.79. The van der Waals surface area contributed by atoms with Gasteiger partial charge < -0.3 is 10.6 Å². The largest absolute Gasteiger partial charge is 0.354 e. The lowest BCUT2D eigenvalue weighted by Gasteiger charge is -2.29. The van der Waals surface area contributed by atoms with Crippen LogP contribution in [-0.2, 0) is 17.6 Å². The molecule has 2 N–H and O–H groups in total. The van der Waals surface area contributed by atoms with Crippen molar-refractivity contribution in [2.45, 2.75) is 77.8 Å². The lowest BCUT2D eigenvalue weighted by Crippen LogP contribution is -2.43. The molecule has 1 saturated carbocycles. The van der Waals surface area contributed by atoms with Gasteiger partial charge in [-0.25, -0.2) is 4.68 Å². The van der Waals surface area contributed by atoms with E-state index in [4.69, 9.17) is 5.10 Å². The number of carbonyl (C=O) groups excluding carboxylic acids is 2. The zero-order valence-corrected chi connectivity index (χ0v) is 17.5. The number of aryl methyl sites for hydroxylation is 2. The van der Waals surface area contributed by atoms with Crippen LogP contribution in [0.4, 0.5) is 0 Å². The average Bonchev–Trinajstić information content (AvgIpc) is 3.26. The number of nitrogens with one attached hydrogen (secondary N) is 2. The minimum atomic E-state index is -0.0605. The normalized spacial score (nSPS) is 20.9. The maximum atomic E-state index is 13.1. The Morgan fingerprint density at radius 1 is 1.03 bits per heavy atom. The highest BCUT2D eigenvalue weighted by atomic mass is 16.2. The van der Waals surface area contributed by atoms with Gasteiger partial charge in [0.05, 0.1) is 5.69 Å². The van der Waals surface area contributed by atoms with Crippen molar-refractivity contribution in [3.63, 3.8) is 0 Å². The van der Waals surface area contributed by atoms with Gasteiger partial charge in [-0.1, -0.05) is 17.7 Å². The summed E-state index contributed by atoms with van der Waals surface area (Å²) < 4.78 is 1.99. The number of amides is 2. The summed E-state index contributed by atoms with van der Waals surface area (Å²) in [5.74, 6) is -0.0420. The summed E-state index contributed by atoms with van der Waals surface area (Å²) in [7, 11) is 0. The lowest BCUT2D eigenvalue weighted by molar-refractivity contribution is -0.119. The molecule has 2 aliphatic rings. The van der Waals surface area contributed by atoms with Crippen LogP contribution in [0.15, 0.2) is 18.2 Å². The smallest absolute Gasteiger partial charge is 0.272 e. The zero-order chi connectivity index (χ0) is 20.5. The Bertz CT molecular complexity index is 939. The molecular weight excluding hydrogens is 364 g/mol. The fraction of sp³-hybridized carbons (Fsp3) is 0.522. The third-order valence-electron chi connectivity index (χ3n) is 6.20. The molecule has 0 aliphatic heterocycles. The standard InChI is InChI=1S/C23H30N4O2/c1-14-7-12-20(15(2)13-14)27-21-6-4-5-19(21)22(26-27)23(29)25-18-10-8-17(9-11-18)24-16(3)28/h7,12-13,17-18H,4-6,8-11H2,1-3H3,(H,24,28)(H,25,29). The predicted molar refractivity (Wildman–Crippen MR) is 112 cm³/mol. The van der Waals surface area contributed by atoms with Gasteiger partial charge in [0.1, 0.15) is 0 Å². The summed E-state index contributed by atoms with van der Waals surface area (Å²) in [5, 5.41) is 10.9. The topological polar surface area (TPSA) is 76.0 Å². The van der Waals surface area contributed by atoms with Gasteiger partial charge in [-0.2, -0.15) is 5.10 Å². The highest BCUT2D eigenvalue weighted by Gasteiger charge is 2.29. The van der Waals surface area contributed by atoms with E-state index >= 15 is 0 Å². The minimum Gasteiger partial charge on any atom is -0.354 e. The number of hydrogen-bond donors (Lipinski definition) is 2. The summed E-state index contributed by atoms with van der Waals surface area (Å²) in [6, 6.07) is 6.73. The summed E-state index contributed by atoms with van der Waals surface area (Å²) in [6.07, 6.45) is 6.52. The molecule has 6 nitrogen and oxygen atoms in total. The van der Waals surface area contributed by atoms with Gasteiger partial charge in [0.2, 0.25) is 5.91 Å². The molecule has 29 heavy (non-hydrogen) atoms. The first kappa shape index (κ1) is 19.7. The molecule has 2 aliphatic carbocycles. The summed E-state index contributed by atoms with van der Waals surface area (Å²) in [5.41, 5.74) is 6.32. The molecule has 0 radical (unpaired) electrons. The Hall–Kier alpha value is -2.63. The Morgan fingerprint density at radius 3 is 2.38 bits per heavy atom. The summed E-state index contributed by atoms with van der Waals surface area (Å²) in [4.78, 5) is 24.3. The van der Waals surface area contributed by atoms with Crippen LogP contribution in [0.25, 0.3) is 5.69 Å². The van der Waals surface area contributed by atoms with Gasteiger partial charge in [-0.15, -0.1) is 0 Å². The molecule has 2 aromatic rings. The minimum absolute atomic E-state index is 0.0185. The van der Waals surface area contributed by atoms with Crippen LogP contribution in [0.3, 0.4) is 0 Å². The monoisotopic (exact) mass is 394 g/mol. The SMILES string of the molecule is CC(=O)NC1CCC(NC(=O)c2nn(-c3ccc(C)cc3C)c3c2CCC3)CC1. The Morgan fingerprint density at radius 2 is 1.72 bits per heavy atom. The van der Waals surface area contributed by atoms with Crippen LogP contribution in [-0.4, -0.2) is 33.7 Å². The molecule has 0 unspecified atom stereocenters. The van der Waals surface area contributed by atoms with Crippen LogP contribution < -0.4 is 10.6 Å². The zero-order valence-electron chi connectivity index (χ0n) is 17.5. The number of nitrogens with zero attached hydrogens (tertiary/aromatic N) is 2. The van der Waals surface area contributed by atoms with E-state index in [0.29, 0.717) is 5.69 Å². The van der Waals surface area contributed by atoms with Crippen molar-refractivity contribution < 1.29 is 9.59 Å². The molecule has 1 aromatic carbocycles. The molecule has 0 spiro atoms. The molecule has 154 valence electrons. The summed E-state index contributed by atoms with van der Waals surface area (Å²) in [6.45, 7) is 5.74. The quantitative estimate of drug-likeness (QED) is 0.836. The van der Waals surface area contributed by atoms with Crippen LogP contribution in [0, 0.1) is 13.8 Å². The van der Waals surface area contributed by atoms with E-state index in [1.54, 1.807) is 6.92 Å². The van der Waals surface area contributed by atoms with Gasteiger partial charge in [-0.05, 0) is 70.4 Å². The second-order valence-corrected chi connectivity index (χ2v) is 8.55. The van der Waals surface area contributed by atoms with Crippen molar-refractivity contribution in [2.24, 2.45) is 0 Å². The van der Waals surface area contributed by atoms with Gasteiger partial charge in [0.15, 0.2) is 5.69 Å². The van der Waals surface area contributed by atoms with Gasteiger partial charge in [0, 0.05) is 30.3 Å². The Labute approximate surface area is 172 Å². The van der Waals surface area contributed by atoms with E-state index in [0.717, 1.165) is 56.2 Å². The first-order chi connectivity index (χ1) is 13.9. The molecule has 6 heteroatoms. The van der Waals surface area contributed by atoms with Crippen LogP contribution in [0.1, 0.15) is 71.9 Å². The maximum Gasteiger partial charge on any atom is 0.272 e. The molecule has 0 bridgehead atoms. The molecule has 1 fully saturated rings. The number of rotatable bonds is 4. The first-order valence-electron chi connectivity index (χ1n) is 10.7. The highest BCUT2D eigenvalue weighted by Crippen LogP contribution is 2.29. The van der Waals surface area contributed by atoms with Crippen molar-refractivity contribution in [1.82, 2.24) is 20.4 Å². The highest BCUT2D eigenvalue weighted by molar-refractivity contribution is 5.94. The molecule has 0 atom stereocenters. The number of carbonyl (C=O) groups is 2. The van der Waals surface area contributed by atoms with Crippen molar-refractivity contribution in [1.29, 1.82) is 0 Å². The molecule has 1 aromatic heterocycles. The molecule has 0 saturated heterocycles. The van der Waals surface area contributed by atoms with Gasteiger partial charge in [-0.3, -0.25) is 9.59 Å². The lowest BCUT2D eigenvalue weighted by atomic mass is 9.91. The number of hydrogen-bond acceptors (Lipinski definition) is 3. The van der Waals surface area contributed by atoms with Crippen molar-refractivity contribution in [3.8, 4) is 5.69 Å². The average molecular weight is 395 g/mol.